The van der Waals surface area contributed by atoms with Gasteiger partial charge in [-0.15, -0.1) is 0 Å². The van der Waals surface area contributed by atoms with Crippen molar-refractivity contribution in [2.24, 2.45) is 0 Å². The highest BCUT2D eigenvalue weighted by Crippen LogP contribution is 2.27. The van der Waals surface area contributed by atoms with Crippen LogP contribution in [0.1, 0.15) is 10.4 Å². The fraction of sp³-hybridized carbons (Fsp3) is 0.118. The van der Waals surface area contributed by atoms with Gasteiger partial charge < -0.3 is 15.4 Å². The molecule has 0 aliphatic rings. The molecule has 0 bridgehead atoms. The first-order valence-corrected chi connectivity index (χ1v) is 7.97. The minimum atomic E-state index is -0.833. The highest BCUT2D eigenvalue weighted by molar-refractivity contribution is 6.31. The Labute approximate surface area is 158 Å². The van der Waals surface area contributed by atoms with Gasteiger partial charge in [-0.1, -0.05) is 29.8 Å². The van der Waals surface area contributed by atoms with Crippen LogP contribution in [0.3, 0.4) is 0 Å². The number of benzene rings is 2. The Morgan fingerprint density at radius 2 is 1.81 bits per heavy atom. The normalized spacial score (nSPS) is 9.96. The summed E-state index contributed by atoms with van der Waals surface area (Å²) in [5, 5.41) is 15.7. The summed E-state index contributed by atoms with van der Waals surface area (Å²) in [6.07, 6.45) is 0. The predicted molar refractivity (Wildman–Crippen MR) is 96.5 cm³/mol. The Hall–Kier alpha value is -3.46. The van der Waals surface area contributed by atoms with Crippen LogP contribution in [0, 0.1) is 10.1 Å². The molecular formula is C17H14ClN3O6. The van der Waals surface area contributed by atoms with E-state index in [0.717, 1.165) is 6.07 Å². The topological polar surface area (TPSA) is 128 Å². The number of hydrogen-bond acceptors (Lipinski definition) is 6. The summed E-state index contributed by atoms with van der Waals surface area (Å²) in [5.41, 5.74) is -0.0989. The van der Waals surface area contributed by atoms with Crippen LogP contribution in [-0.4, -0.2) is 35.9 Å². The smallest absolute Gasteiger partial charge is 0.325 e. The van der Waals surface area contributed by atoms with E-state index in [1.165, 1.54) is 12.1 Å². The second-order valence-corrected chi connectivity index (χ2v) is 5.61. The van der Waals surface area contributed by atoms with E-state index < -0.39 is 41.5 Å². The Bertz CT molecular complexity index is 872. The van der Waals surface area contributed by atoms with Crippen LogP contribution >= 0.6 is 11.6 Å². The molecule has 2 rings (SSSR count). The summed E-state index contributed by atoms with van der Waals surface area (Å²) in [5.74, 6) is -2.07. The number of carbonyl (C=O) groups is 3. The summed E-state index contributed by atoms with van der Waals surface area (Å²) in [6.45, 7) is -1.10. The Morgan fingerprint density at radius 3 is 2.48 bits per heavy atom. The molecule has 2 N–H and O–H groups in total. The molecule has 0 unspecified atom stereocenters. The van der Waals surface area contributed by atoms with Gasteiger partial charge in [0, 0.05) is 16.7 Å². The minimum absolute atomic E-state index is 0.0807. The standard InChI is InChI=1S/C17H14ClN3O6/c18-12-6-7-13(14(8-12)21(25)26)20-15(22)10-27-16(23)9-19-17(24)11-4-2-1-3-5-11/h1-8H,9-10H2,(H,19,24)(H,20,22). The summed E-state index contributed by atoms with van der Waals surface area (Å²) >= 11 is 5.68. The number of ether oxygens (including phenoxy) is 1. The van der Waals surface area contributed by atoms with Crippen molar-refractivity contribution >= 4 is 40.8 Å². The van der Waals surface area contributed by atoms with Crippen molar-refractivity contribution in [3.05, 3.63) is 69.2 Å². The van der Waals surface area contributed by atoms with Crippen LogP contribution in [0.4, 0.5) is 11.4 Å². The molecule has 0 atom stereocenters. The van der Waals surface area contributed by atoms with Gasteiger partial charge >= 0.3 is 5.97 Å². The lowest BCUT2D eigenvalue weighted by atomic mass is 10.2. The summed E-state index contributed by atoms with van der Waals surface area (Å²) in [4.78, 5) is 45.5. The molecule has 0 fully saturated rings. The number of nitrogens with one attached hydrogen (secondary N) is 2. The third-order valence-corrected chi connectivity index (χ3v) is 3.46. The average Bonchev–Trinajstić information content (AvgIpc) is 2.66. The van der Waals surface area contributed by atoms with Crippen LogP contribution < -0.4 is 10.6 Å². The second-order valence-electron chi connectivity index (χ2n) is 5.18. The van der Waals surface area contributed by atoms with E-state index in [4.69, 9.17) is 16.3 Å². The number of halogens is 1. The van der Waals surface area contributed by atoms with Gasteiger partial charge in [0.15, 0.2) is 6.61 Å². The Morgan fingerprint density at radius 1 is 1.11 bits per heavy atom. The number of amides is 2. The highest BCUT2D eigenvalue weighted by Gasteiger charge is 2.17. The maximum Gasteiger partial charge on any atom is 0.325 e. The van der Waals surface area contributed by atoms with Crippen LogP contribution in [0.25, 0.3) is 0 Å². The van der Waals surface area contributed by atoms with Crippen molar-refractivity contribution in [2.75, 3.05) is 18.5 Å². The Balaban J connectivity index is 1.81. The van der Waals surface area contributed by atoms with Crippen LogP contribution in [0.2, 0.25) is 5.02 Å². The number of esters is 1. The van der Waals surface area contributed by atoms with Gasteiger partial charge in [-0.05, 0) is 24.3 Å². The van der Waals surface area contributed by atoms with Gasteiger partial charge in [0.25, 0.3) is 17.5 Å². The van der Waals surface area contributed by atoms with Gasteiger partial charge in [0.2, 0.25) is 0 Å². The van der Waals surface area contributed by atoms with E-state index in [-0.39, 0.29) is 10.7 Å². The van der Waals surface area contributed by atoms with E-state index in [1.807, 2.05) is 0 Å². The number of nitro groups is 1. The highest BCUT2D eigenvalue weighted by atomic mass is 35.5. The Kier molecular flexibility index (Phi) is 6.84. The largest absolute Gasteiger partial charge is 0.454 e. The zero-order chi connectivity index (χ0) is 19.8. The maximum atomic E-state index is 11.8. The molecular weight excluding hydrogens is 378 g/mol. The third kappa shape index (κ3) is 6.08. The zero-order valence-electron chi connectivity index (χ0n) is 13.8. The minimum Gasteiger partial charge on any atom is -0.454 e. The fourth-order valence-corrected chi connectivity index (χ4v) is 2.16. The molecule has 0 aliphatic heterocycles. The first-order chi connectivity index (χ1) is 12.9. The molecule has 2 amide bonds. The molecule has 27 heavy (non-hydrogen) atoms. The zero-order valence-corrected chi connectivity index (χ0v) is 14.6. The lowest BCUT2D eigenvalue weighted by molar-refractivity contribution is -0.383. The van der Waals surface area contributed by atoms with Crippen LogP contribution in [-0.2, 0) is 14.3 Å². The molecule has 10 heteroatoms. The van der Waals surface area contributed by atoms with E-state index >= 15 is 0 Å². The van der Waals surface area contributed by atoms with Crippen molar-refractivity contribution < 1.29 is 24.0 Å². The quantitative estimate of drug-likeness (QED) is 0.423. The van der Waals surface area contributed by atoms with E-state index in [9.17, 15) is 24.5 Å². The number of hydrogen-bond donors (Lipinski definition) is 2. The van der Waals surface area contributed by atoms with Gasteiger partial charge in [-0.3, -0.25) is 24.5 Å². The van der Waals surface area contributed by atoms with Crippen molar-refractivity contribution in [3.63, 3.8) is 0 Å². The van der Waals surface area contributed by atoms with E-state index in [0.29, 0.717) is 5.56 Å². The molecule has 140 valence electrons. The molecule has 0 spiro atoms. The summed E-state index contributed by atoms with van der Waals surface area (Å²) in [6, 6.07) is 12.0. The number of carbonyl (C=O) groups excluding carboxylic acids is 3. The van der Waals surface area contributed by atoms with E-state index in [1.54, 1.807) is 30.3 Å². The van der Waals surface area contributed by atoms with Crippen molar-refractivity contribution in [1.29, 1.82) is 0 Å². The van der Waals surface area contributed by atoms with Gasteiger partial charge in [-0.2, -0.15) is 0 Å². The predicted octanol–water partition coefficient (Wildman–Crippen LogP) is 2.16. The molecule has 0 heterocycles. The van der Waals surface area contributed by atoms with Crippen molar-refractivity contribution in [1.82, 2.24) is 5.32 Å². The molecule has 0 aromatic heterocycles. The molecule has 9 nitrogen and oxygen atoms in total. The lowest BCUT2D eigenvalue weighted by Crippen LogP contribution is -2.32. The number of rotatable bonds is 7. The molecule has 0 saturated carbocycles. The summed E-state index contributed by atoms with van der Waals surface area (Å²) < 4.78 is 4.72. The molecule has 0 saturated heterocycles. The average molecular weight is 392 g/mol. The molecule has 0 radical (unpaired) electrons. The first-order valence-electron chi connectivity index (χ1n) is 7.59. The maximum absolute atomic E-state index is 11.8. The second kappa shape index (κ2) is 9.30. The number of anilines is 1. The monoisotopic (exact) mass is 391 g/mol. The van der Waals surface area contributed by atoms with Gasteiger partial charge in [0.05, 0.1) is 4.92 Å². The van der Waals surface area contributed by atoms with Gasteiger partial charge in [-0.25, -0.2) is 0 Å². The van der Waals surface area contributed by atoms with Crippen LogP contribution in [0.5, 0.6) is 0 Å². The SMILES string of the molecule is O=C(COC(=O)CNC(=O)c1ccccc1)Nc1ccc(Cl)cc1[N+](=O)[O-]. The first kappa shape index (κ1) is 19.9. The van der Waals surface area contributed by atoms with Crippen molar-refractivity contribution in [2.45, 2.75) is 0 Å². The van der Waals surface area contributed by atoms with Crippen molar-refractivity contribution in [3.8, 4) is 0 Å². The number of nitro benzene ring substituents is 1. The molecule has 2 aromatic rings. The molecule has 0 aliphatic carbocycles. The van der Waals surface area contributed by atoms with Gasteiger partial charge in [0.1, 0.15) is 12.2 Å². The fourth-order valence-electron chi connectivity index (χ4n) is 1.99. The summed E-state index contributed by atoms with van der Waals surface area (Å²) in [7, 11) is 0. The third-order valence-electron chi connectivity index (χ3n) is 3.22. The number of nitrogens with zero attached hydrogens (tertiary/aromatic N) is 1. The van der Waals surface area contributed by atoms with Crippen LogP contribution in [0.15, 0.2) is 48.5 Å². The van der Waals surface area contributed by atoms with E-state index in [2.05, 4.69) is 10.6 Å². The lowest BCUT2D eigenvalue weighted by Gasteiger charge is -2.08. The molecule has 2 aromatic carbocycles.